The van der Waals surface area contributed by atoms with E-state index in [0.717, 1.165) is 12.8 Å². The largest absolute Gasteiger partial charge is 0.387 e. The Bertz CT molecular complexity index is 499. The number of sulfonamides is 1. The van der Waals surface area contributed by atoms with Crippen LogP contribution in [-0.4, -0.2) is 21.5 Å². The minimum Gasteiger partial charge on any atom is -0.387 e. The second-order valence-electron chi connectivity index (χ2n) is 4.38. The lowest BCUT2D eigenvalue weighted by molar-refractivity contribution is 0.576. The fraction of sp³-hybridized carbons (Fsp3) is 0.500. The van der Waals surface area contributed by atoms with Gasteiger partial charge in [-0.05, 0) is 24.5 Å². The third kappa shape index (κ3) is 2.61. The molecule has 0 aliphatic heterocycles. The molecule has 4 nitrogen and oxygen atoms in total. The van der Waals surface area contributed by atoms with Gasteiger partial charge in [-0.15, -0.1) is 0 Å². The first-order valence-electron chi connectivity index (χ1n) is 5.87. The SMILES string of the molecule is CCC1CC1NS(=O)(=O)c1ccccc1NC. The van der Waals surface area contributed by atoms with E-state index in [1.165, 1.54) is 0 Å². The zero-order valence-corrected chi connectivity index (χ0v) is 10.9. The number of para-hydroxylation sites is 1. The van der Waals surface area contributed by atoms with E-state index in [4.69, 9.17) is 0 Å². The third-order valence-electron chi connectivity index (χ3n) is 3.20. The van der Waals surface area contributed by atoms with Gasteiger partial charge in [-0.3, -0.25) is 0 Å². The molecule has 0 aromatic heterocycles. The summed E-state index contributed by atoms with van der Waals surface area (Å²) < 4.78 is 27.1. The Kier molecular flexibility index (Phi) is 3.40. The van der Waals surface area contributed by atoms with Crippen molar-refractivity contribution in [1.82, 2.24) is 4.72 Å². The van der Waals surface area contributed by atoms with Crippen molar-refractivity contribution >= 4 is 15.7 Å². The van der Waals surface area contributed by atoms with Crippen LogP contribution in [0.4, 0.5) is 5.69 Å². The van der Waals surface area contributed by atoms with Crippen LogP contribution in [0.3, 0.4) is 0 Å². The van der Waals surface area contributed by atoms with Crippen LogP contribution in [0, 0.1) is 5.92 Å². The number of benzene rings is 1. The van der Waals surface area contributed by atoms with E-state index in [2.05, 4.69) is 17.0 Å². The molecule has 0 spiro atoms. The van der Waals surface area contributed by atoms with Gasteiger partial charge in [0.15, 0.2) is 0 Å². The number of nitrogens with one attached hydrogen (secondary N) is 2. The molecule has 0 bridgehead atoms. The molecule has 2 atom stereocenters. The Labute approximate surface area is 102 Å². The van der Waals surface area contributed by atoms with Gasteiger partial charge in [0.05, 0.1) is 5.69 Å². The van der Waals surface area contributed by atoms with Gasteiger partial charge in [0.2, 0.25) is 10.0 Å². The first-order chi connectivity index (χ1) is 8.08. The molecule has 1 aromatic carbocycles. The van der Waals surface area contributed by atoms with Gasteiger partial charge in [-0.1, -0.05) is 25.5 Å². The summed E-state index contributed by atoms with van der Waals surface area (Å²) in [6.45, 7) is 2.08. The molecule has 2 unspecified atom stereocenters. The van der Waals surface area contributed by atoms with Crippen molar-refractivity contribution in [3.63, 3.8) is 0 Å². The number of rotatable bonds is 5. The molecular formula is C12H18N2O2S. The highest BCUT2D eigenvalue weighted by molar-refractivity contribution is 7.89. The molecule has 1 saturated carbocycles. The van der Waals surface area contributed by atoms with E-state index >= 15 is 0 Å². The van der Waals surface area contributed by atoms with Crippen molar-refractivity contribution in [2.45, 2.75) is 30.7 Å². The van der Waals surface area contributed by atoms with Crippen LogP contribution >= 0.6 is 0 Å². The van der Waals surface area contributed by atoms with E-state index < -0.39 is 10.0 Å². The van der Waals surface area contributed by atoms with Crippen LogP contribution < -0.4 is 10.0 Å². The Hall–Kier alpha value is -1.07. The highest BCUT2D eigenvalue weighted by Crippen LogP contribution is 2.35. The van der Waals surface area contributed by atoms with Crippen molar-refractivity contribution < 1.29 is 8.42 Å². The number of hydrogen-bond acceptors (Lipinski definition) is 3. The van der Waals surface area contributed by atoms with Crippen LogP contribution in [0.1, 0.15) is 19.8 Å². The Morgan fingerprint density at radius 3 is 2.65 bits per heavy atom. The second-order valence-corrected chi connectivity index (χ2v) is 6.06. The molecule has 1 aromatic rings. The maximum Gasteiger partial charge on any atom is 0.242 e. The van der Waals surface area contributed by atoms with Crippen LogP contribution in [0.25, 0.3) is 0 Å². The maximum atomic E-state index is 12.2. The zero-order valence-electron chi connectivity index (χ0n) is 10.1. The highest BCUT2D eigenvalue weighted by Gasteiger charge is 2.38. The maximum absolute atomic E-state index is 12.2. The molecule has 1 fully saturated rings. The molecule has 2 N–H and O–H groups in total. The predicted molar refractivity (Wildman–Crippen MR) is 68.5 cm³/mol. The van der Waals surface area contributed by atoms with E-state index in [1.807, 2.05) is 6.07 Å². The summed E-state index contributed by atoms with van der Waals surface area (Å²) in [5.41, 5.74) is 0.633. The fourth-order valence-electron chi connectivity index (χ4n) is 2.01. The topological polar surface area (TPSA) is 58.2 Å². The number of anilines is 1. The van der Waals surface area contributed by atoms with Gasteiger partial charge in [0, 0.05) is 13.1 Å². The van der Waals surface area contributed by atoms with Crippen molar-refractivity contribution in [3.05, 3.63) is 24.3 Å². The van der Waals surface area contributed by atoms with E-state index in [1.54, 1.807) is 25.2 Å². The molecule has 5 heteroatoms. The zero-order chi connectivity index (χ0) is 12.5. The van der Waals surface area contributed by atoms with Gasteiger partial charge in [0.25, 0.3) is 0 Å². The first kappa shape index (κ1) is 12.4. The molecule has 1 aliphatic rings. The summed E-state index contributed by atoms with van der Waals surface area (Å²) in [5, 5.41) is 2.90. The summed E-state index contributed by atoms with van der Waals surface area (Å²) in [7, 11) is -1.67. The Morgan fingerprint density at radius 1 is 1.35 bits per heavy atom. The summed E-state index contributed by atoms with van der Waals surface area (Å²) in [6.07, 6.45) is 1.98. The molecule has 0 amide bonds. The van der Waals surface area contributed by atoms with Crippen molar-refractivity contribution in [2.24, 2.45) is 5.92 Å². The van der Waals surface area contributed by atoms with Crippen molar-refractivity contribution in [3.8, 4) is 0 Å². The van der Waals surface area contributed by atoms with Crippen LogP contribution in [-0.2, 0) is 10.0 Å². The fourth-order valence-corrected chi connectivity index (χ4v) is 3.54. The molecule has 2 rings (SSSR count). The van der Waals surface area contributed by atoms with Gasteiger partial charge >= 0.3 is 0 Å². The van der Waals surface area contributed by atoms with Gasteiger partial charge in [-0.2, -0.15) is 0 Å². The van der Waals surface area contributed by atoms with E-state index in [-0.39, 0.29) is 6.04 Å². The third-order valence-corrected chi connectivity index (χ3v) is 4.75. The average molecular weight is 254 g/mol. The van der Waals surface area contributed by atoms with Gasteiger partial charge < -0.3 is 5.32 Å². The highest BCUT2D eigenvalue weighted by atomic mass is 32.2. The molecule has 94 valence electrons. The molecule has 0 heterocycles. The minimum absolute atomic E-state index is 0.120. The summed E-state index contributed by atoms with van der Waals surface area (Å²) in [5.74, 6) is 0.506. The molecule has 0 saturated heterocycles. The first-order valence-corrected chi connectivity index (χ1v) is 7.36. The average Bonchev–Trinajstić information content (AvgIpc) is 3.06. The lowest BCUT2D eigenvalue weighted by atomic mass is 10.3. The van der Waals surface area contributed by atoms with E-state index in [0.29, 0.717) is 16.5 Å². The lowest BCUT2D eigenvalue weighted by Crippen LogP contribution is -2.27. The van der Waals surface area contributed by atoms with Crippen LogP contribution in [0.5, 0.6) is 0 Å². The van der Waals surface area contributed by atoms with Crippen molar-refractivity contribution in [2.75, 3.05) is 12.4 Å². The van der Waals surface area contributed by atoms with Crippen LogP contribution in [0.2, 0.25) is 0 Å². The van der Waals surface area contributed by atoms with Crippen LogP contribution in [0.15, 0.2) is 29.2 Å². The lowest BCUT2D eigenvalue weighted by Gasteiger charge is -2.10. The second kappa shape index (κ2) is 4.66. The summed E-state index contributed by atoms with van der Waals surface area (Å²) >= 11 is 0. The molecule has 1 aliphatic carbocycles. The summed E-state index contributed by atoms with van der Waals surface area (Å²) in [4.78, 5) is 0.323. The van der Waals surface area contributed by atoms with E-state index in [9.17, 15) is 8.42 Å². The predicted octanol–water partition coefficient (Wildman–Crippen LogP) is 1.81. The smallest absolute Gasteiger partial charge is 0.242 e. The quantitative estimate of drug-likeness (QED) is 0.842. The molecule has 0 radical (unpaired) electrons. The normalized spacial score (nSPS) is 23.4. The van der Waals surface area contributed by atoms with Gasteiger partial charge in [0.1, 0.15) is 4.90 Å². The minimum atomic E-state index is -3.40. The monoisotopic (exact) mass is 254 g/mol. The Morgan fingerprint density at radius 2 is 2.06 bits per heavy atom. The van der Waals surface area contributed by atoms with Crippen molar-refractivity contribution in [1.29, 1.82) is 0 Å². The molecular weight excluding hydrogens is 236 g/mol. The number of hydrogen-bond donors (Lipinski definition) is 2. The molecule has 17 heavy (non-hydrogen) atoms. The Balaban J connectivity index is 2.20. The van der Waals surface area contributed by atoms with Gasteiger partial charge in [-0.25, -0.2) is 13.1 Å². The summed E-state index contributed by atoms with van der Waals surface area (Å²) in [6, 6.07) is 7.06. The standard InChI is InChI=1S/C12H18N2O2S/c1-3-9-8-11(9)14-17(15,16)12-7-5-4-6-10(12)13-2/h4-7,9,11,13-14H,3,8H2,1-2H3.